The lowest BCUT2D eigenvalue weighted by molar-refractivity contribution is -0.385. The van der Waals surface area contributed by atoms with Crippen LogP contribution in [0.25, 0.3) is 0 Å². The molecule has 1 fully saturated rings. The van der Waals surface area contributed by atoms with Gasteiger partial charge in [-0.15, -0.1) is 0 Å². The molecule has 96 valence electrons. The van der Waals surface area contributed by atoms with E-state index < -0.39 is 16.4 Å². The van der Waals surface area contributed by atoms with Crippen LogP contribution in [0.4, 0.5) is 5.69 Å². The molecule has 1 aliphatic heterocycles. The van der Waals surface area contributed by atoms with Crippen LogP contribution in [0.15, 0.2) is 24.3 Å². The molecule has 18 heavy (non-hydrogen) atoms. The predicted molar refractivity (Wildman–Crippen MR) is 61.2 cm³/mol. The van der Waals surface area contributed by atoms with Crippen LogP contribution in [0, 0.1) is 10.1 Å². The van der Waals surface area contributed by atoms with Crippen molar-refractivity contribution >= 4 is 11.6 Å². The summed E-state index contributed by atoms with van der Waals surface area (Å²) in [5.74, 6) is -0.584. The van der Waals surface area contributed by atoms with Crippen molar-refractivity contribution in [1.29, 1.82) is 0 Å². The average Bonchev–Trinajstić information content (AvgIpc) is 2.33. The van der Waals surface area contributed by atoms with Gasteiger partial charge in [0.15, 0.2) is 0 Å². The molecule has 0 bridgehead atoms. The molecular weight excluding hydrogens is 240 g/mol. The van der Waals surface area contributed by atoms with Crippen molar-refractivity contribution in [2.24, 2.45) is 0 Å². The predicted octanol–water partition coefficient (Wildman–Crippen LogP) is 0.0859. The summed E-state index contributed by atoms with van der Waals surface area (Å²) >= 11 is 0. The van der Waals surface area contributed by atoms with Gasteiger partial charge in [-0.25, -0.2) is 0 Å². The lowest BCUT2D eigenvalue weighted by Crippen LogP contribution is -2.64. The average molecular weight is 252 g/mol. The van der Waals surface area contributed by atoms with Crippen LogP contribution in [0.1, 0.15) is 10.4 Å². The number of carbonyl (C=O) groups is 1. The maximum atomic E-state index is 12.0. The first-order valence-electron chi connectivity index (χ1n) is 5.32. The highest BCUT2D eigenvalue weighted by atomic mass is 16.6. The molecule has 1 saturated heterocycles. The van der Waals surface area contributed by atoms with Gasteiger partial charge in [-0.1, -0.05) is 12.1 Å². The Morgan fingerprint density at radius 1 is 1.50 bits per heavy atom. The summed E-state index contributed by atoms with van der Waals surface area (Å²) in [6, 6.07) is 5.67. The molecule has 0 radical (unpaired) electrons. The maximum Gasteiger partial charge on any atom is 0.282 e. The number of aliphatic hydroxyl groups excluding tert-OH is 1. The van der Waals surface area contributed by atoms with Gasteiger partial charge in [0.05, 0.1) is 24.7 Å². The van der Waals surface area contributed by atoms with Crippen LogP contribution in [0.3, 0.4) is 0 Å². The van der Waals surface area contributed by atoms with Crippen molar-refractivity contribution in [3.8, 4) is 0 Å². The smallest absolute Gasteiger partial charge is 0.282 e. The van der Waals surface area contributed by atoms with E-state index in [2.05, 4.69) is 5.32 Å². The van der Waals surface area contributed by atoms with E-state index in [1.54, 1.807) is 6.07 Å². The quantitative estimate of drug-likeness (QED) is 0.584. The Bertz CT molecular complexity index is 479. The molecule has 1 amide bonds. The van der Waals surface area contributed by atoms with Gasteiger partial charge in [0.2, 0.25) is 0 Å². The van der Waals surface area contributed by atoms with Gasteiger partial charge in [-0.05, 0) is 6.07 Å². The Balaban J connectivity index is 2.21. The second-order valence-electron chi connectivity index (χ2n) is 4.16. The third-order valence-corrected chi connectivity index (χ3v) is 2.78. The second-order valence-corrected chi connectivity index (χ2v) is 4.16. The van der Waals surface area contributed by atoms with Crippen LogP contribution >= 0.6 is 0 Å². The number of benzene rings is 1. The number of nitrogens with one attached hydrogen (secondary N) is 1. The van der Waals surface area contributed by atoms with Crippen molar-refractivity contribution in [2.45, 2.75) is 5.54 Å². The van der Waals surface area contributed by atoms with Crippen molar-refractivity contribution in [3.63, 3.8) is 0 Å². The van der Waals surface area contributed by atoms with Gasteiger partial charge in [-0.3, -0.25) is 14.9 Å². The zero-order valence-electron chi connectivity index (χ0n) is 9.46. The molecule has 0 atom stereocenters. The highest BCUT2D eigenvalue weighted by Crippen LogP contribution is 2.21. The van der Waals surface area contributed by atoms with E-state index >= 15 is 0 Å². The van der Waals surface area contributed by atoms with E-state index in [1.807, 2.05) is 0 Å². The SMILES string of the molecule is O=C(NC1(CO)COC1)c1ccccc1[N+](=O)[O-]. The van der Waals surface area contributed by atoms with Gasteiger partial charge in [0.25, 0.3) is 11.6 Å². The van der Waals surface area contributed by atoms with Crippen molar-refractivity contribution in [3.05, 3.63) is 39.9 Å². The molecule has 0 aromatic heterocycles. The summed E-state index contributed by atoms with van der Waals surface area (Å²) in [6.07, 6.45) is 0. The molecule has 0 unspecified atom stereocenters. The van der Waals surface area contributed by atoms with Crippen molar-refractivity contribution in [1.82, 2.24) is 5.32 Å². The van der Waals surface area contributed by atoms with E-state index in [0.717, 1.165) is 0 Å². The molecule has 1 aromatic carbocycles. The number of nitrogens with zero attached hydrogens (tertiary/aromatic N) is 1. The van der Waals surface area contributed by atoms with E-state index in [4.69, 9.17) is 4.74 Å². The number of hydrogen-bond donors (Lipinski definition) is 2. The Morgan fingerprint density at radius 2 is 2.17 bits per heavy atom. The number of rotatable bonds is 4. The minimum absolute atomic E-state index is 0.0257. The largest absolute Gasteiger partial charge is 0.394 e. The molecule has 0 spiro atoms. The number of nitro benzene ring substituents is 1. The van der Waals surface area contributed by atoms with Gasteiger partial charge in [0, 0.05) is 6.07 Å². The number of para-hydroxylation sites is 1. The Labute approximate surface area is 103 Å². The molecule has 1 heterocycles. The van der Waals surface area contributed by atoms with Gasteiger partial charge >= 0.3 is 0 Å². The summed E-state index contributed by atoms with van der Waals surface area (Å²) in [4.78, 5) is 22.1. The third-order valence-electron chi connectivity index (χ3n) is 2.78. The van der Waals surface area contributed by atoms with E-state index in [1.165, 1.54) is 18.2 Å². The van der Waals surface area contributed by atoms with E-state index in [-0.39, 0.29) is 31.1 Å². The van der Waals surface area contributed by atoms with E-state index in [9.17, 15) is 20.0 Å². The van der Waals surface area contributed by atoms with Gasteiger partial charge in [-0.2, -0.15) is 0 Å². The summed E-state index contributed by atoms with van der Waals surface area (Å²) < 4.78 is 4.93. The summed E-state index contributed by atoms with van der Waals surface area (Å²) in [5, 5.41) is 22.6. The first-order valence-corrected chi connectivity index (χ1v) is 5.32. The lowest BCUT2D eigenvalue weighted by atomic mass is 9.98. The fraction of sp³-hybridized carbons (Fsp3) is 0.364. The van der Waals surface area contributed by atoms with Crippen LogP contribution < -0.4 is 5.32 Å². The van der Waals surface area contributed by atoms with Gasteiger partial charge in [0.1, 0.15) is 11.1 Å². The fourth-order valence-electron chi connectivity index (χ4n) is 1.68. The molecule has 7 heteroatoms. The summed E-state index contributed by atoms with van der Waals surface area (Å²) in [6.45, 7) is 0.144. The number of aliphatic hydroxyl groups is 1. The molecule has 0 saturated carbocycles. The van der Waals surface area contributed by atoms with Crippen LogP contribution in [0.2, 0.25) is 0 Å². The minimum Gasteiger partial charge on any atom is -0.394 e. The molecule has 2 N–H and O–H groups in total. The summed E-state index contributed by atoms with van der Waals surface area (Å²) in [5.41, 5.74) is -1.11. The fourth-order valence-corrected chi connectivity index (χ4v) is 1.68. The molecule has 1 aromatic rings. The molecule has 0 aliphatic carbocycles. The zero-order valence-corrected chi connectivity index (χ0v) is 9.46. The highest BCUT2D eigenvalue weighted by Gasteiger charge is 2.40. The molecular formula is C11H12N2O5. The first-order chi connectivity index (χ1) is 8.58. The van der Waals surface area contributed by atoms with Crippen LogP contribution in [0.5, 0.6) is 0 Å². The molecule has 2 rings (SSSR count). The van der Waals surface area contributed by atoms with Crippen LogP contribution in [-0.4, -0.2) is 41.3 Å². The summed E-state index contributed by atoms with van der Waals surface area (Å²) in [7, 11) is 0. The number of ether oxygens (including phenoxy) is 1. The standard InChI is InChI=1S/C11H12N2O5/c14-5-11(6-18-7-11)12-10(15)8-3-1-2-4-9(8)13(16)17/h1-4,14H,5-7H2,(H,12,15). The normalized spacial score (nSPS) is 16.7. The van der Waals surface area contributed by atoms with Crippen LogP contribution in [-0.2, 0) is 4.74 Å². The number of amides is 1. The minimum atomic E-state index is -0.819. The Hall–Kier alpha value is -1.99. The van der Waals surface area contributed by atoms with Crippen molar-refractivity contribution in [2.75, 3.05) is 19.8 Å². The van der Waals surface area contributed by atoms with E-state index in [0.29, 0.717) is 0 Å². The molecule has 1 aliphatic rings. The zero-order chi connectivity index (χ0) is 13.2. The Morgan fingerprint density at radius 3 is 2.67 bits per heavy atom. The number of carbonyl (C=O) groups excluding carboxylic acids is 1. The number of nitro groups is 1. The monoisotopic (exact) mass is 252 g/mol. The van der Waals surface area contributed by atoms with Gasteiger partial charge < -0.3 is 15.2 Å². The Kier molecular flexibility index (Phi) is 3.26. The van der Waals surface area contributed by atoms with Crippen molar-refractivity contribution < 1.29 is 19.6 Å². The number of hydrogen-bond acceptors (Lipinski definition) is 5. The second kappa shape index (κ2) is 4.71. The topological polar surface area (TPSA) is 102 Å². The lowest BCUT2D eigenvalue weighted by Gasteiger charge is -2.40. The molecule has 7 nitrogen and oxygen atoms in total. The maximum absolute atomic E-state index is 12.0. The highest BCUT2D eigenvalue weighted by molar-refractivity contribution is 5.98. The third kappa shape index (κ3) is 2.18. The first kappa shape index (κ1) is 12.5.